The molecule has 8 heteroatoms. The zero-order valence-electron chi connectivity index (χ0n) is 13.7. The second kappa shape index (κ2) is 7.01. The van der Waals surface area contributed by atoms with Crippen LogP contribution in [0.4, 0.5) is 10.5 Å². The van der Waals surface area contributed by atoms with Crippen LogP contribution < -0.4 is 0 Å². The van der Waals surface area contributed by atoms with Crippen molar-refractivity contribution < 1.29 is 19.6 Å². The number of nitro benzene ring substituents is 1. The van der Waals surface area contributed by atoms with Crippen molar-refractivity contribution in [3.05, 3.63) is 74.2 Å². The first-order valence-electron chi connectivity index (χ1n) is 7.64. The zero-order valence-corrected chi connectivity index (χ0v) is 14.5. The first-order valence-corrected chi connectivity index (χ1v) is 8.46. The molecule has 1 fully saturated rings. The van der Waals surface area contributed by atoms with Gasteiger partial charge in [0.2, 0.25) is 0 Å². The number of aromatic hydroxyl groups is 1. The summed E-state index contributed by atoms with van der Waals surface area (Å²) in [4.78, 5) is 36.5. The van der Waals surface area contributed by atoms with Crippen LogP contribution in [-0.4, -0.2) is 26.1 Å². The van der Waals surface area contributed by atoms with Crippen LogP contribution in [0.5, 0.6) is 5.75 Å². The van der Waals surface area contributed by atoms with Crippen LogP contribution in [0.1, 0.15) is 16.7 Å². The third-order valence-corrected chi connectivity index (χ3v) is 4.77. The number of benzene rings is 2. The monoisotopic (exact) mass is 370 g/mol. The van der Waals surface area contributed by atoms with E-state index in [0.717, 1.165) is 22.2 Å². The van der Waals surface area contributed by atoms with E-state index in [2.05, 4.69) is 0 Å². The molecule has 1 heterocycles. The van der Waals surface area contributed by atoms with Crippen molar-refractivity contribution in [2.75, 3.05) is 0 Å². The van der Waals surface area contributed by atoms with Crippen LogP contribution in [0, 0.1) is 17.0 Å². The number of carbonyl (C=O) groups excluding carboxylic acids is 2. The fraction of sp³-hybridized carbons (Fsp3) is 0.111. The molecule has 2 amide bonds. The van der Waals surface area contributed by atoms with Gasteiger partial charge in [0, 0.05) is 17.2 Å². The Kier molecular flexibility index (Phi) is 4.77. The number of amides is 2. The number of hydrogen-bond donors (Lipinski definition) is 1. The molecule has 0 unspecified atom stereocenters. The van der Waals surface area contributed by atoms with Crippen molar-refractivity contribution in [2.24, 2.45) is 0 Å². The fourth-order valence-corrected chi connectivity index (χ4v) is 3.39. The van der Waals surface area contributed by atoms with E-state index in [9.17, 15) is 24.8 Å². The molecule has 132 valence electrons. The molecular formula is C18H14N2O5S. The molecule has 3 rings (SSSR count). The van der Waals surface area contributed by atoms with Crippen molar-refractivity contribution >= 4 is 34.7 Å². The molecule has 0 aliphatic carbocycles. The Morgan fingerprint density at radius 1 is 1.23 bits per heavy atom. The molecule has 0 saturated carbocycles. The highest BCUT2D eigenvalue weighted by Crippen LogP contribution is 2.35. The zero-order chi connectivity index (χ0) is 18.8. The van der Waals surface area contributed by atoms with E-state index in [1.54, 1.807) is 18.2 Å². The molecule has 2 aromatic rings. The van der Waals surface area contributed by atoms with Gasteiger partial charge in [-0.3, -0.25) is 24.6 Å². The van der Waals surface area contributed by atoms with Crippen LogP contribution in [0.2, 0.25) is 0 Å². The third-order valence-electron chi connectivity index (χ3n) is 3.86. The van der Waals surface area contributed by atoms with Gasteiger partial charge in [0.15, 0.2) is 0 Å². The number of imide groups is 1. The van der Waals surface area contributed by atoms with Gasteiger partial charge in [-0.1, -0.05) is 29.8 Å². The molecule has 1 aliphatic heterocycles. The summed E-state index contributed by atoms with van der Waals surface area (Å²) in [6.07, 6.45) is 1.45. The average Bonchev–Trinajstić information content (AvgIpc) is 2.86. The number of nitro groups is 1. The van der Waals surface area contributed by atoms with Crippen LogP contribution in [0.3, 0.4) is 0 Å². The number of hydrogen-bond acceptors (Lipinski definition) is 6. The van der Waals surface area contributed by atoms with Crippen LogP contribution in [0.25, 0.3) is 6.08 Å². The highest BCUT2D eigenvalue weighted by molar-refractivity contribution is 8.18. The SMILES string of the molecule is Cc1ccc(O)c(/C=C2\SC(=O)N(Cc3ccccc3[N+](=O)[O-])C2=O)c1. The van der Waals surface area contributed by atoms with E-state index in [1.165, 1.54) is 30.3 Å². The van der Waals surface area contributed by atoms with E-state index >= 15 is 0 Å². The molecule has 1 saturated heterocycles. The van der Waals surface area contributed by atoms with Crippen molar-refractivity contribution in [3.8, 4) is 5.75 Å². The van der Waals surface area contributed by atoms with Gasteiger partial charge in [0.1, 0.15) is 5.75 Å². The van der Waals surface area contributed by atoms with Crippen molar-refractivity contribution in [3.63, 3.8) is 0 Å². The first-order chi connectivity index (χ1) is 12.4. The Morgan fingerprint density at radius 2 is 1.96 bits per heavy atom. The summed E-state index contributed by atoms with van der Waals surface area (Å²) in [5.41, 5.74) is 1.46. The molecule has 0 aromatic heterocycles. The maximum Gasteiger partial charge on any atom is 0.293 e. The number of thioether (sulfide) groups is 1. The smallest absolute Gasteiger partial charge is 0.293 e. The lowest BCUT2D eigenvalue weighted by molar-refractivity contribution is -0.385. The Balaban J connectivity index is 1.89. The lowest BCUT2D eigenvalue weighted by atomic mass is 10.1. The van der Waals surface area contributed by atoms with Gasteiger partial charge in [0.05, 0.1) is 16.4 Å². The predicted molar refractivity (Wildman–Crippen MR) is 97.5 cm³/mol. The van der Waals surface area contributed by atoms with Crippen molar-refractivity contribution in [1.82, 2.24) is 4.90 Å². The number of phenols is 1. The molecule has 7 nitrogen and oxygen atoms in total. The fourth-order valence-electron chi connectivity index (χ4n) is 2.56. The molecule has 0 bridgehead atoms. The molecule has 1 N–H and O–H groups in total. The number of rotatable bonds is 4. The average molecular weight is 370 g/mol. The first kappa shape index (κ1) is 17.7. The highest BCUT2D eigenvalue weighted by atomic mass is 32.2. The molecule has 2 aromatic carbocycles. The Labute approximate surface area is 153 Å². The van der Waals surface area contributed by atoms with Gasteiger partial charge in [-0.05, 0) is 36.9 Å². The van der Waals surface area contributed by atoms with E-state index in [-0.39, 0.29) is 28.5 Å². The minimum absolute atomic E-state index is 0.00101. The number of phenolic OH excluding ortho intramolecular Hbond substituents is 1. The maximum absolute atomic E-state index is 12.6. The molecular weight excluding hydrogens is 356 g/mol. The second-order valence-corrected chi connectivity index (χ2v) is 6.71. The van der Waals surface area contributed by atoms with E-state index in [0.29, 0.717) is 5.56 Å². The third kappa shape index (κ3) is 3.45. The lowest BCUT2D eigenvalue weighted by Gasteiger charge is -2.12. The molecule has 0 spiro atoms. The van der Waals surface area contributed by atoms with Gasteiger partial charge < -0.3 is 5.11 Å². The Morgan fingerprint density at radius 3 is 2.69 bits per heavy atom. The maximum atomic E-state index is 12.6. The summed E-state index contributed by atoms with van der Waals surface area (Å²) in [5, 5.41) is 20.5. The standard InChI is InChI=1S/C18H14N2O5S/c1-11-6-7-15(21)13(8-11)9-16-17(22)19(18(23)26-16)10-12-4-2-3-5-14(12)20(24)25/h2-9,21H,10H2,1H3/b16-9-. The highest BCUT2D eigenvalue weighted by Gasteiger charge is 2.36. The van der Waals surface area contributed by atoms with Gasteiger partial charge in [0.25, 0.3) is 16.8 Å². The van der Waals surface area contributed by atoms with Gasteiger partial charge in [-0.25, -0.2) is 0 Å². The largest absolute Gasteiger partial charge is 0.507 e. The number of nitrogens with zero attached hydrogens (tertiary/aromatic N) is 2. The van der Waals surface area contributed by atoms with E-state index in [1.807, 2.05) is 6.92 Å². The van der Waals surface area contributed by atoms with Crippen LogP contribution in [-0.2, 0) is 11.3 Å². The van der Waals surface area contributed by atoms with Crippen LogP contribution in [0.15, 0.2) is 47.4 Å². The minimum atomic E-state index is -0.547. The topological polar surface area (TPSA) is 101 Å². The Bertz CT molecular complexity index is 954. The van der Waals surface area contributed by atoms with Crippen molar-refractivity contribution in [1.29, 1.82) is 0 Å². The number of para-hydroxylation sites is 1. The summed E-state index contributed by atoms with van der Waals surface area (Å²) in [7, 11) is 0. The summed E-state index contributed by atoms with van der Waals surface area (Å²) >= 11 is 0.742. The van der Waals surface area contributed by atoms with Crippen LogP contribution >= 0.6 is 11.8 Å². The molecule has 26 heavy (non-hydrogen) atoms. The molecule has 0 atom stereocenters. The minimum Gasteiger partial charge on any atom is -0.507 e. The predicted octanol–water partition coefficient (Wildman–Crippen LogP) is 3.85. The summed E-state index contributed by atoms with van der Waals surface area (Å²) < 4.78 is 0. The second-order valence-electron chi connectivity index (χ2n) is 5.72. The van der Waals surface area contributed by atoms with E-state index in [4.69, 9.17) is 0 Å². The normalized spacial score (nSPS) is 15.7. The van der Waals surface area contributed by atoms with Gasteiger partial charge in [-0.15, -0.1) is 0 Å². The Hall–Kier alpha value is -3.13. The summed E-state index contributed by atoms with van der Waals surface area (Å²) in [6, 6.07) is 10.9. The molecule has 0 radical (unpaired) electrons. The number of carbonyl (C=O) groups is 2. The summed E-state index contributed by atoms with van der Waals surface area (Å²) in [6.45, 7) is 1.66. The lowest BCUT2D eigenvalue weighted by Crippen LogP contribution is -2.27. The van der Waals surface area contributed by atoms with E-state index < -0.39 is 16.1 Å². The van der Waals surface area contributed by atoms with Gasteiger partial charge >= 0.3 is 0 Å². The van der Waals surface area contributed by atoms with Crippen molar-refractivity contribution in [2.45, 2.75) is 13.5 Å². The quantitative estimate of drug-likeness (QED) is 0.498. The molecule has 1 aliphatic rings. The van der Waals surface area contributed by atoms with Gasteiger partial charge in [-0.2, -0.15) is 0 Å². The number of aryl methyl sites for hydroxylation is 1. The summed E-state index contributed by atoms with van der Waals surface area (Å²) in [5.74, 6) is -0.542.